The fourth-order valence-electron chi connectivity index (χ4n) is 1.43. The number of carbonyl (C=O) groups is 1. The molecule has 0 aliphatic heterocycles. The Morgan fingerprint density at radius 2 is 2.23 bits per heavy atom. The van der Waals surface area contributed by atoms with Gasteiger partial charge in [0.25, 0.3) is 0 Å². The first-order valence-electron chi connectivity index (χ1n) is 3.92. The SMILES string of the molecule is Cn1cc(F)c2cc(C=O)ccc21. The molecule has 66 valence electrons. The van der Waals surface area contributed by atoms with Gasteiger partial charge in [-0.25, -0.2) is 4.39 Å². The minimum absolute atomic E-state index is 0.291. The zero-order valence-electron chi connectivity index (χ0n) is 7.12. The molecule has 2 nitrogen and oxygen atoms in total. The highest BCUT2D eigenvalue weighted by Crippen LogP contribution is 2.19. The van der Waals surface area contributed by atoms with E-state index in [-0.39, 0.29) is 5.82 Å². The van der Waals surface area contributed by atoms with Gasteiger partial charge < -0.3 is 4.57 Å². The molecule has 3 heteroatoms. The number of fused-ring (bicyclic) bond motifs is 1. The molecule has 0 N–H and O–H groups in total. The summed E-state index contributed by atoms with van der Waals surface area (Å²) in [7, 11) is 1.77. The Labute approximate surface area is 74.6 Å². The third-order valence-corrected chi connectivity index (χ3v) is 2.10. The lowest BCUT2D eigenvalue weighted by molar-refractivity contribution is 0.112. The molecule has 13 heavy (non-hydrogen) atoms. The second-order valence-electron chi connectivity index (χ2n) is 2.98. The summed E-state index contributed by atoms with van der Waals surface area (Å²) in [5.74, 6) is -0.291. The van der Waals surface area contributed by atoms with Gasteiger partial charge in [0.1, 0.15) is 12.1 Å². The van der Waals surface area contributed by atoms with Gasteiger partial charge in [-0.3, -0.25) is 4.79 Å². The van der Waals surface area contributed by atoms with Crippen LogP contribution in [-0.4, -0.2) is 10.9 Å². The number of carbonyl (C=O) groups excluding carboxylic acids is 1. The molecule has 0 atom stereocenters. The average Bonchev–Trinajstić information content (AvgIpc) is 2.42. The second-order valence-corrected chi connectivity index (χ2v) is 2.98. The fourth-order valence-corrected chi connectivity index (χ4v) is 1.43. The van der Waals surface area contributed by atoms with Crippen molar-refractivity contribution in [1.29, 1.82) is 0 Å². The van der Waals surface area contributed by atoms with Crippen LogP contribution in [0.3, 0.4) is 0 Å². The van der Waals surface area contributed by atoms with Crippen molar-refractivity contribution in [2.24, 2.45) is 7.05 Å². The number of halogens is 1. The van der Waals surface area contributed by atoms with Crippen LogP contribution in [0.25, 0.3) is 10.9 Å². The van der Waals surface area contributed by atoms with E-state index >= 15 is 0 Å². The molecule has 0 spiro atoms. The second kappa shape index (κ2) is 2.69. The van der Waals surface area contributed by atoms with Crippen LogP contribution in [0, 0.1) is 5.82 Å². The summed E-state index contributed by atoms with van der Waals surface area (Å²) in [6, 6.07) is 4.97. The number of rotatable bonds is 1. The van der Waals surface area contributed by atoms with E-state index in [1.54, 1.807) is 29.8 Å². The number of aldehydes is 1. The molecular weight excluding hydrogens is 169 g/mol. The van der Waals surface area contributed by atoms with Gasteiger partial charge in [0.2, 0.25) is 0 Å². The summed E-state index contributed by atoms with van der Waals surface area (Å²) in [6.07, 6.45) is 2.12. The number of hydrogen-bond donors (Lipinski definition) is 0. The first-order chi connectivity index (χ1) is 6.22. The summed E-state index contributed by atoms with van der Waals surface area (Å²) in [4.78, 5) is 10.4. The van der Waals surface area contributed by atoms with E-state index in [1.165, 1.54) is 6.20 Å². The zero-order valence-corrected chi connectivity index (χ0v) is 7.12. The van der Waals surface area contributed by atoms with Crippen molar-refractivity contribution in [2.75, 3.05) is 0 Å². The van der Waals surface area contributed by atoms with Crippen LogP contribution in [0.5, 0.6) is 0 Å². The summed E-state index contributed by atoms with van der Waals surface area (Å²) in [5.41, 5.74) is 1.29. The van der Waals surface area contributed by atoms with Crippen molar-refractivity contribution in [1.82, 2.24) is 4.57 Å². The molecule has 0 saturated heterocycles. The quantitative estimate of drug-likeness (QED) is 0.611. The third kappa shape index (κ3) is 1.13. The van der Waals surface area contributed by atoms with Gasteiger partial charge in [0.15, 0.2) is 0 Å². The van der Waals surface area contributed by atoms with Crippen molar-refractivity contribution >= 4 is 17.2 Å². The molecule has 0 radical (unpaired) electrons. The normalized spacial score (nSPS) is 10.6. The van der Waals surface area contributed by atoms with E-state index < -0.39 is 0 Å². The minimum atomic E-state index is -0.291. The zero-order chi connectivity index (χ0) is 9.42. The summed E-state index contributed by atoms with van der Waals surface area (Å²) in [6.45, 7) is 0. The number of nitrogens with zero attached hydrogens (tertiary/aromatic N) is 1. The van der Waals surface area contributed by atoms with E-state index in [9.17, 15) is 9.18 Å². The Hall–Kier alpha value is -1.64. The molecule has 0 aliphatic rings. The van der Waals surface area contributed by atoms with Gasteiger partial charge in [0, 0.05) is 24.2 Å². The van der Waals surface area contributed by atoms with Crippen molar-refractivity contribution in [2.45, 2.75) is 0 Å². The standard InChI is InChI=1S/C10H8FNO/c1-12-5-9(11)8-4-7(6-13)2-3-10(8)12/h2-6H,1H3. The van der Waals surface area contributed by atoms with E-state index in [0.29, 0.717) is 17.2 Å². The highest BCUT2D eigenvalue weighted by atomic mass is 19.1. The number of aryl methyl sites for hydroxylation is 1. The van der Waals surface area contributed by atoms with Crippen LogP contribution >= 0.6 is 0 Å². The monoisotopic (exact) mass is 177 g/mol. The Morgan fingerprint density at radius 1 is 1.46 bits per heavy atom. The van der Waals surface area contributed by atoms with Crippen LogP contribution < -0.4 is 0 Å². The van der Waals surface area contributed by atoms with Crippen LogP contribution in [-0.2, 0) is 7.05 Å². The number of benzene rings is 1. The van der Waals surface area contributed by atoms with Crippen molar-refractivity contribution in [3.63, 3.8) is 0 Å². The van der Waals surface area contributed by atoms with E-state index in [4.69, 9.17) is 0 Å². The molecule has 0 fully saturated rings. The lowest BCUT2D eigenvalue weighted by Gasteiger charge is -1.95. The van der Waals surface area contributed by atoms with Gasteiger partial charge in [-0.05, 0) is 18.2 Å². The smallest absolute Gasteiger partial charge is 0.150 e. The van der Waals surface area contributed by atoms with Crippen LogP contribution in [0.1, 0.15) is 10.4 Å². The van der Waals surface area contributed by atoms with Crippen molar-refractivity contribution < 1.29 is 9.18 Å². The number of hydrogen-bond acceptors (Lipinski definition) is 1. The molecule has 2 rings (SSSR count). The first-order valence-corrected chi connectivity index (χ1v) is 3.92. The van der Waals surface area contributed by atoms with E-state index in [2.05, 4.69) is 0 Å². The highest BCUT2D eigenvalue weighted by molar-refractivity contribution is 5.87. The largest absolute Gasteiger partial charge is 0.348 e. The molecule has 0 amide bonds. The molecule has 1 heterocycles. The molecule has 0 aliphatic carbocycles. The predicted octanol–water partition coefficient (Wildman–Crippen LogP) is 2.13. The van der Waals surface area contributed by atoms with Crippen molar-refractivity contribution in [3.05, 3.63) is 35.8 Å². The van der Waals surface area contributed by atoms with E-state index in [0.717, 1.165) is 5.52 Å². The maximum atomic E-state index is 13.2. The van der Waals surface area contributed by atoms with Gasteiger partial charge >= 0.3 is 0 Å². The van der Waals surface area contributed by atoms with Crippen molar-refractivity contribution in [3.8, 4) is 0 Å². The Bertz CT molecular complexity index is 473. The molecule has 2 aromatic rings. The molecule has 1 aromatic heterocycles. The number of aromatic nitrogens is 1. The van der Waals surface area contributed by atoms with Crippen LogP contribution in [0.4, 0.5) is 4.39 Å². The average molecular weight is 177 g/mol. The fraction of sp³-hybridized carbons (Fsp3) is 0.100. The summed E-state index contributed by atoms with van der Waals surface area (Å²) >= 11 is 0. The first kappa shape index (κ1) is 7.98. The van der Waals surface area contributed by atoms with E-state index in [1.807, 2.05) is 0 Å². The Balaban J connectivity index is 2.83. The predicted molar refractivity (Wildman–Crippen MR) is 48.3 cm³/mol. The van der Waals surface area contributed by atoms with Gasteiger partial charge in [0.05, 0.1) is 5.52 Å². The maximum absolute atomic E-state index is 13.2. The maximum Gasteiger partial charge on any atom is 0.150 e. The van der Waals surface area contributed by atoms with Crippen LogP contribution in [0.2, 0.25) is 0 Å². The van der Waals surface area contributed by atoms with Gasteiger partial charge in [-0.2, -0.15) is 0 Å². The summed E-state index contributed by atoms with van der Waals surface area (Å²) < 4.78 is 14.9. The Morgan fingerprint density at radius 3 is 2.92 bits per heavy atom. The molecular formula is C10H8FNO. The lowest BCUT2D eigenvalue weighted by Crippen LogP contribution is -1.84. The van der Waals surface area contributed by atoms with Gasteiger partial charge in [-0.15, -0.1) is 0 Å². The molecule has 1 aromatic carbocycles. The molecule has 0 bridgehead atoms. The van der Waals surface area contributed by atoms with Crippen LogP contribution in [0.15, 0.2) is 24.4 Å². The third-order valence-electron chi connectivity index (χ3n) is 2.10. The molecule has 0 saturated carbocycles. The Kier molecular flexibility index (Phi) is 1.65. The minimum Gasteiger partial charge on any atom is -0.348 e. The summed E-state index contributed by atoms with van der Waals surface area (Å²) in [5, 5.41) is 0.493. The van der Waals surface area contributed by atoms with Gasteiger partial charge in [-0.1, -0.05) is 0 Å². The molecule has 0 unspecified atom stereocenters. The highest BCUT2D eigenvalue weighted by Gasteiger charge is 2.05. The topological polar surface area (TPSA) is 22.0 Å². The lowest BCUT2D eigenvalue weighted by atomic mass is 10.2.